The van der Waals surface area contributed by atoms with Gasteiger partial charge in [-0.1, -0.05) is 18.2 Å². The highest BCUT2D eigenvalue weighted by Gasteiger charge is 2.30. The van der Waals surface area contributed by atoms with Crippen molar-refractivity contribution in [2.24, 2.45) is 5.41 Å². The van der Waals surface area contributed by atoms with Gasteiger partial charge in [-0.15, -0.1) is 0 Å². The Kier molecular flexibility index (Phi) is 7.48. The van der Waals surface area contributed by atoms with Gasteiger partial charge >= 0.3 is 12.1 Å². The minimum Gasteiger partial charge on any atom is -0.469 e. The van der Waals surface area contributed by atoms with E-state index >= 15 is 0 Å². The number of para-hydroxylation sites is 1. The number of nitriles is 1. The van der Waals surface area contributed by atoms with Gasteiger partial charge in [0.15, 0.2) is 0 Å². The Morgan fingerprint density at radius 3 is 2.42 bits per heavy atom. The molecule has 2 aromatic heterocycles. The number of nitrogens with one attached hydrogen (secondary N) is 2. The quantitative estimate of drug-likeness (QED) is 0.283. The third-order valence-electron chi connectivity index (χ3n) is 5.82. The zero-order chi connectivity index (χ0) is 27.3. The van der Waals surface area contributed by atoms with Crippen LogP contribution in [0.2, 0.25) is 0 Å². The summed E-state index contributed by atoms with van der Waals surface area (Å²) in [5, 5.41) is 20.0. The number of hydrogen-bond donors (Lipinski definition) is 2. The summed E-state index contributed by atoms with van der Waals surface area (Å²) in [7, 11) is 1.28. The Bertz CT molecular complexity index is 1500. The molecular weight excluding hydrogens is 486 g/mol. The first-order chi connectivity index (χ1) is 18.2. The first-order valence-corrected chi connectivity index (χ1v) is 11.7. The fraction of sp³-hybridized carbons (Fsp3) is 0.214. The van der Waals surface area contributed by atoms with E-state index in [0.717, 1.165) is 11.4 Å². The van der Waals surface area contributed by atoms with Crippen molar-refractivity contribution < 1.29 is 23.8 Å². The molecule has 0 fully saturated rings. The Labute approximate surface area is 219 Å². The molecule has 0 aliphatic carbocycles. The molecule has 2 aromatic carbocycles. The van der Waals surface area contributed by atoms with Crippen molar-refractivity contribution in [2.45, 2.75) is 20.8 Å². The van der Waals surface area contributed by atoms with Crippen LogP contribution in [0, 0.1) is 23.7 Å². The summed E-state index contributed by atoms with van der Waals surface area (Å²) < 4.78 is 17.4. The lowest BCUT2D eigenvalue weighted by Crippen LogP contribution is -2.32. The van der Waals surface area contributed by atoms with Crippen molar-refractivity contribution in [1.82, 2.24) is 9.61 Å². The van der Waals surface area contributed by atoms with Crippen molar-refractivity contribution in [3.63, 3.8) is 0 Å². The molecule has 2 N–H and O–H groups in total. The zero-order valence-electron chi connectivity index (χ0n) is 21.4. The van der Waals surface area contributed by atoms with E-state index in [-0.39, 0.29) is 6.61 Å². The standard InChI is InChI=1S/C28H27N5O5/c1-18-23(32-27(35)37-17-28(2,3)26(34)36-4)16-33-25(18)24(19(14-29)15-30-33)31-20-10-12-22(13-11-20)38-21-8-6-5-7-9-21/h5-13,15-16,31H,17H2,1-4H3,(H,32,35). The van der Waals surface area contributed by atoms with Crippen molar-refractivity contribution in [2.75, 3.05) is 24.4 Å². The third-order valence-corrected chi connectivity index (χ3v) is 5.82. The fourth-order valence-corrected chi connectivity index (χ4v) is 3.73. The van der Waals surface area contributed by atoms with Crippen LogP contribution in [0.4, 0.5) is 21.9 Å². The maximum atomic E-state index is 12.5. The Hall–Kier alpha value is -5.04. The number of rotatable bonds is 8. The highest BCUT2D eigenvalue weighted by Crippen LogP contribution is 2.33. The Morgan fingerprint density at radius 2 is 1.76 bits per heavy atom. The summed E-state index contributed by atoms with van der Waals surface area (Å²) in [6, 6.07) is 18.9. The van der Waals surface area contributed by atoms with Crippen LogP contribution in [0.3, 0.4) is 0 Å². The molecule has 0 spiro atoms. The molecule has 0 saturated heterocycles. The average Bonchev–Trinajstić information content (AvgIpc) is 3.24. The van der Waals surface area contributed by atoms with Crippen LogP contribution < -0.4 is 15.4 Å². The van der Waals surface area contributed by atoms with E-state index < -0.39 is 17.5 Å². The second kappa shape index (κ2) is 10.9. The van der Waals surface area contributed by atoms with Crippen molar-refractivity contribution >= 4 is 34.6 Å². The Balaban J connectivity index is 1.54. The smallest absolute Gasteiger partial charge is 0.411 e. The van der Waals surface area contributed by atoms with Crippen molar-refractivity contribution in [3.05, 3.63) is 78.1 Å². The predicted octanol–water partition coefficient (Wildman–Crippen LogP) is 5.80. The topological polar surface area (TPSA) is 127 Å². The molecule has 4 rings (SSSR count). The summed E-state index contributed by atoms with van der Waals surface area (Å²) in [5.41, 5.74) is 2.33. The molecule has 10 heteroatoms. The van der Waals surface area contributed by atoms with Gasteiger partial charge in [-0.25, -0.2) is 9.31 Å². The van der Waals surface area contributed by atoms with Crippen molar-refractivity contribution in [1.29, 1.82) is 5.26 Å². The van der Waals surface area contributed by atoms with Gasteiger partial charge in [0.1, 0.15) is 24.2 Å². The lowest BCUT2D eigenvalue weighted by molar-refractivity contribution is -0.152. The van der Waals surface area contributed by atoms with Gasteiger partial charge in [0.05, 0.1) is 47.4 Å². The molecule has 2 heterocycles. The summed E-state index contributed by atoms with van der Waals surface area (Å²) in [5.74, 6) is 0.910. The number of ether oxygens (including phenoxy) is 3. The SMILES string of the molecule is COC(=O)C(C)(C)COC(=O)Nc1cn2ncc(C#N)c(Nc3ccc(Oc4ccccc4)cc3)c2c1C. The number of aryl methyl sites for hydroxylation is 1. The fourth-order valence-electron chi connectivity index (χ4n) is 3.73. The van der Waals surface area contributed by atoms with Crippen LogP contribution in [0.25, 0.3) is 5.52 Å². The van der Waals surface area contributed by atoms with Crippen LogP contribution >= 0.6 is 0 Å². The normalized spacial score (nSPS) is 10.9. The highest BCUT2D eigenvalue weighted by atomic mass is 16.6. The number of esters is 1. The summed E-state index contributed by atoms with van der Waals surface area (Å²) >= 11 is 0. The van der Waals surface area contributed by atoms with Gasteiger partial charge in [0.2, 0.25) is 0 Å². The first kappa shape index (κ1) is 26.0. The molecule has 0 aliphatic rings. The molecule has 0 atom stereocenters. The van der Waals surface area contributed by atoms with Crippen LogP contribution in [0.5, 0.6) is 11.5 Å². The van der Waals surface area contributed by atoms with Gasteiger partial charge < -0.3 is 19.5 Å². The number of methoxy groups -OCH3 is 1. The van der Waals surface area contributed by atoms with E-state index in [1.54, 1.807) is 31.5 Å². The van der Waals surface area contributed by atoms with E-state index in [9.17, 15) is 14.9 Å². The minimum atomic E-state index is -0.991. The van der Waals surface area contributed by atoms with E-state index in [1.165, 1.54) is 13.3 Å². The van der Waals surface area contributed by atoms with Gasteiger partial charge in [-0.05, 0) is 57.2 Å². The number of aromatic nitrogens is 2. The largest absolute Gasteiger partial charge is 0.469 e. The maximum Gasteiger partial charge on any atom is 0.411 e. The first-order valence-electron chi connectivity index (χ1n) is 11.7. The van der Waals surface area contributed by atoms with Gasteiger partial charge in [0, 0.05) is 11.3 Å². The highest BCUT2D eigenvalue weighted by molar-refractivity contribution is 5.93. The van der Waals surface area contributed by atoms with E-state index in [4.69, 9.17) is 14.2 Å². The zero-order valence-corrected chi connectivity index (χ0v) is 21.4. The number of anilines is 3. The van der Waals surface area contributed by atoms with Crippen LogP contribution in [-0.2, 0) is 14.3 Å². The maximum absolute atomic E-state index is 12.5. The van der Waals surface area contributed by atoms with Crippen LogP contribution in [-0.4, -0.2) is 35.4 Å². The molecule has 0 unspecified atom stereocenters. The number of nitrogens with zero attached hydrogens (tertiary/aromatic N) is 3. The number of benzene rings is 2. The monoisotopic (exact) mass is 513 g/mol. The minimum absolute atomic E-state index is 0.161. The number of fused-ring (bicyclic) bond motifs is 1. The Morgan fingerprint density at radius 1 is 1.08 bits per heavy atom. The molecule has 38 heavy (non-hydrogen) atoms. The molecule has 0 bridgehead atoms. The molecule has 10 nitrogen and oxygen atoms in total. The van der Waals surface area contributed by atoms with Gasteiger partial charge in [-0.3, -0.25) is 10.1 Å². The number of hydrogen-bond acceptors (Lipinski definition) is 8. The van der Waals surface area contributed by atoms with Gasteiger partial charge in [0.25, 0.3) is 0 Å². The van der Waals surface area contributed by atoms with E-state index in [0.29, 0.717) is 33.8 Å². The predicted molar refractivity (Wildman–Crippen MR) is 142 cm³/mol. The summed E-state index contributed by atoms with van der Waals surface area (Å²) in [6.07, 6.45) is 2.34. The third kappa shape index (κ3) is 5.68. The second-order valence-corrected chi connectivity index (χ2v) is 9.15. The van der Waals surface area contributed by atoms with Crippen LogP contribution in [0.1, 0.15) is 25.0 Å². The van der Waals surface area contributed by atoms with E-state index in [1.807, 2.05) is 54.6 Å². The van der Waals surface area contributed by atoms with Crippen LogP contribution in [0.15, 0.2) is 67.0 Å². The molecule has 4 aromatic rings. The lowest BCUT2D eigenvalue weighted by Gasteiger charge is -2.20. The second-order valence-electron chi connectivity index (χ2n) is 9.15. The number of amides is 1. The molecule has 194 valence electrons. The summed E-state index contributed by atoms with van der Waals surface area (Å²) in [6.45, 7) is 4.88. The molecule has 0 saturated carbocycles. The lowest BCUT2D eigenvalue weighted by atomic mass is 9.95. The number of carbonyl (C=O) groups excluding carboxylic acids is 2. The molecule has 1 amide bonds. The van der Waals surface area contributed by atoms with Gasteiger partial charge in [-0.2, -0.15) is 10.4 Å². The molecule has 0 aliphatic heterocycles. The van der Waals surface area contributed by atoms with E-state index in [2.05, 4.69) is 21.8 Å². The molecule has 0 radical (unpaired) electrons. The molecular formula is C28H27N5O5. The van der Waals surface area contributed by atoms with Crippen molar-refractivity contribution in [3.8, 4) is 17.6 Å². The average molecular weight is 514 g/mol. The number of carbonyl (C=O) groups is 2. The summed E-state index contributed by atoms with van der Waals surface area (Å²) in [4.78, 5) is 24.3.